The minimum absolute atomic E-state index is 0.252. The minimum atomic E-state index is 0.252. The van der Waals surface area contributed by atoms with Crippen LogP contribution in [0.25, 0.3) is 0 Å². The average Bonchev–Trinajstić information content (AvgIpc) is 3.17. The number of fused-ring (bicyclic) bond motifs is 1. The van der Waals surface area contributed by atoms with Crippen LogP contribution in [0.3, 0.4) is 0 Å². The van der Waals surface area contributed by atoms with Crippen LogP contribution in [-0.4, -0.2) is 31.7 Å². The van der Waals surface area contributed by atoms with Gasteiger partial charge in [-0.15, -0.1) is 5.10 Å². The second-order valence-electron chi connectivity index (χ2n) is 7.34. The first-order valence-corrected chi connectivity index (χ1v) is 9.82. The van der Waals surface area contributed by atoms with Crippen molar-refractivity contribution < 1.29 is 14.2 Å². The molecule has 28 heavy (non-hydrogen) atoms. The average molecular weight is 378 g/mol. The molecule has 0 spiro atoms. The van der Waals surface area contributed by atoms with Gasteiger partial charge in [0.1, 0.15) is 11.5 Å². The van der Waals surface area contributed by atoms with E-state index < -0.39 is 0 Å². The van der Waals surface area contributed by atoms with E-state index in [1.54, 1.807) is 14.2 Å². The number of hydrogen-bond acceptors (Lipinski definition) is 5. The Kier molecular flexibility index (Phi) is 5.33. The van der Waals surface area contributed by atoms with E-state index >= 15 is 0 Å². The summed E-state index contributed by atoms with van der Waals surface area (Å²) in [6, 6.07) is 11.9. The van der Waals surface area contributed by atoms with Gasteiger partial charge in [-0.3, -0.25) is 0 Å². The van der Waals surface area contributed by atoms with E-state index in [1.807, 2.05) is 37.3 Å². The van der Waals surface area contributed by atoms with Crippen LogP contribution in [0.15, 0.2) is 46.6 Å². The van der Waals surface area contributed by atoms with Gasteiger partial charge in [0, 0.05) is 28.8 Å². The smallest absolute Gasteiger partial charge is 0.165 e. The van der Waals surface area contributed by atoms with Crippen LogP contribution in [-0.2, 0) is 6.42 Å². The number of ether oxygens (including phenoxy) is 3. The molecule has 1 aliphatic heterocycles. The summed E-state index contributed by atoms with van der Waals surface area (Å²) in [6.07, 6.45) is 5.58. The van der Waals surface area contributed by atoms with Gasteiger partial charge in [-0.05, 0) is 69.0 Å². The maximum atomic E-state index is 6.47. The van der Waals surface area contributed by atoms with Crippen molar-refractivity contribution in [2.45, 2.75) is 45.1 Å². The zero-order valence-electron chi connectivity index (χ0n) is 16.7. The van der Waals surface area contributed by atoms with Gasteiger partial charge >= 0.3 is 0 Å². The predicted molar refractivity (Wildman–Crippen MR) is 111 cm³/mol. The molecule has 2 aliphatic rings. The van der Waals surface area contributed by atoms with E-state index in [1.165, 1.54) is 12.8 Å². The van der Waals surface area contributed by atoms with Crippen molar-refractivity contribution in [1.82, 2.24) is 0 Å². The van der Waals surface area contributed by atoms with Crippen molar-refractivity contribution in [2.24, 2.45) is 10.2 Å². The molecule has 0 aromatic heterocycles. The maximum Gasteiger partial charge on any atom is 0.165 e. The second kappa shape index (κ2) is 8.05. The number of methoxy groups -OCH3 is 2. The van der Waals surface area contributed by atoms with Crippen LogP contribution in [0, 0.1) is 0 Å². The molecule has 2 aromatic rings. The molecule has 146 valence electrons. The molecule has 5 heteroatoms. The number of rotatable bonds is 5. The molecule has 2 aromatic carbocycles. The van der Waals surface area contributed by atoms with Gasteiger partial charge < -0.3 is 14.2 Å². The lowest BCUT2D eigenvalue weighted by atomic mass is 9.93. The van der Waals surface area contributed by atoms with Gasteiger partial charge in [0.15, 0.2) is 11.5 Å². The van der Waals surface area contributed by atoms with Crippen LogP contribution < -0.4 is 14.2 Å². The molecule has 0 unspecified atom stereocenters. The first kappa shape index (κ1) is 18.5. The molecule has 1 fully saturated rings. The fourth-order valence-corrected chi connectivity index (χ4v) is 3.91. The molecule has 0 amide bonds. The quantitative estimate of drug-likeness (QED) is 0.751. The molecule has 1 aliphatic carbocycles. The third-order valence-corrected chi connectivity index (χ3v) is 5.40. The summed E-state index contributed by atoms with van der Waals surface area (Å²) < 4.78 is 17.4. The summed E-state index contributed by atoms with van der Waals surface area (Å²) in [5.74, 6) is 2.43. The third kappa shape index (κ3) is 3.61. The van der Waals surface area contributed by atoms with Crippen LogP contribution in [0.2, 0.25) is 0 Å². The Balaban J connectivity index is 1.81. The van der Waals surface area contributed by atoms with Gasteiger partial charge in [-0.1, -0.05) is 0 Å². The minimum Gasteiger partial charge on any atom is -0.497 e. The summed E-state index contributed by atoms with van der Waals surface area (Å²) in [7, 11) is 3.36. The third-order valence-electron chi connectivity index (χ3n) is 5.40. The fraction of sp³-hybridized carbons (Fsp3) is 0.391. The summed E-state index contributed by atoms with van der Waals surface area (Å²) >= 11 is 0. The summed E-state index contributed by atoms with van der Waals surface area (Å²) in [5.41, 5.74) is 4.93. The number of nitrogens with zero attached hydrogens (tertiary/aromatic N) is 2. The molecule has 4 rings (SSSR count). The normalized spacial score (nSPS) is 16.7. The second-order valence-corrected chi connectivity index (χ2v) is 7.34. The van der Waals surface area contributed by atoms with Gasteiger partial charge in [0.25, 0.3) is 0 Å². The van der Waals surface area contributed by atoms with Gasteiger partial charge in [0.2, 0.25) is 0 Å². The highest BCUT2D eigenvalue weighted by Gasteiger charge is 2.26. The zero-order chi connectivity index (χ0) is 19.5. The first-order chi connectivity index (χ1) is 13.7. The van der Waals surface area contributed by atoms with E-state index in [4.69, 9.17) is 14.2 Å². The summed E-state index contributed by atoms with van der Waals surface area (Å²) in [4.78, 5) is 0. The Morgan fingerprint density at radius 2 is 1.64 bits per heavy atom. The van der Waals surface area contributed by atoms with E-state index in [0.29, 0.717) is 6.42 Å². The predicted octanol–water partition coefficient (Wildman–Crippen LogP) is 4.79. The van der Waals surface area contributed by atoms with E-state index in [9.17, 15) is 0 Å². The lowest BCUT2D eigenvalue weighted by molar-refractivity contribution is 0.199. The molecular weight excluding hydrogens is 352 g/mol. The Morgan fingerprint density at radius 3 is 2.32 bits per heavy atom. The molecule has 0 bridgehead atoms. The number of benzene rings is 2. The first-order valence-electron chi connectivity index (χ1n) is 9.82. The Morgan fingerprint density at radius 1 is 0.893 bits per heavy atom. The van der Waals surface area contributed by atoms with Crippen molar-refractivity contribution in [3.63, 3.8) is 0 Å². The maximum absolute atomic E-state index is 6.47. The molecule has 0 atom stereocenters. The standard InChI is InChI=1S/C23H26N2O3/c1-15-14-20-19(22(25-24-15)16-8-10-17(26-2)11-9-16)12-13-21(27-3)23(20)28-18-6-4-5-7-18/h8-13,18H,4-7,14H2,1-3H3. The van der Waals surface area contributed by atoms with Gasteiger partial charge in [0.05, 0.1) is 20.3 Å². The van der Waals surface area contributed by atoms with Crippen molar-refractivity contribution in [1.29, 1.82) is 0 Å². The van der Waals surface area contributed by atoms with Crippen molar-refractivity contribution in [2.75, 3.05) is 14.2 Å². The lowest BCUT2D eigenvalue weighted by Crippen LogP contribution is -2.16. The summed E-state index contributed by atoms with van der Waals surface area (Å²) in [6.45, 7) is 2.00. The number of hydrogen-bond donors (Lipinski definition) is 0. The highest BCUT2D eigenvalue weighted by atomic mass is 16.5. The lowest BCUT2D eigenvalue weighted by Gasteiger charge is -2.21. The van der Waals surface area contributed by atoms with Crippen molar-refractivity contribution in [3.05, 3.63) is 53.1 Å². The van der Waals surface area contributed by atoms with Crippen LogP contribution in [0.4, 0.5) is 0 Å². The SMILES string of the molecule is COc1ccc(C2=NN=C(C)Cc3c2ccc(OC)c3OC2CCCC2)cc1. The molecular formula is C23H26N2O3. The van der Waals surface area contributed by atoms with Gasteiger partial charge in [-0.25, -0.2) is 0 Å². The van der Waals surface area contributed by atoms with Crippen LogP contribution in [0.1, 0.15) is 49.3 Å². The topological polar surface area (TPSA) is 52.4 Å². The monoisotopic (exact) mass is 378 g/mol. The largest absolute Gasteiger partial charge is 0.497 e. The Labute approximate surface area is 166 Å². The van der Waals surface area contributed by atoms with E-state index in [0.717, 1.165) is 58.2 Å². The van der Waals surface area contributed by atoms with Crippen molar-refractivity contribution >= 4 is 11.4 Å². The van der Waals surface area contributed by atoms with Crippen LogP contribution >= 0.6 is 0 Å². The Hall–Kier alpha value is -2.82. The van der Waals surface area contributed by atoms with Crippen LogP contribution in [0.5, 0.6) is 17.2 Å². The molecule has 5 nitrogen and oxygen atoms in total. The zero-order valence-corrected chi connectivity index (χ0v) is 16.7. The Bertz CT molecular complexity index is 910. The highest BCUT2D eigenvalue weighted by molar-refractivity contribution is 6.15. The van der Waals surface area contributed by atoms with E-state index in [2.05, 4.69) is 16.3 Å². The molecule has 0 N–H and O–H groups in total. The van der Waals surface area contributed by atoms with Gasteiger partial charge in [-0.2, -0.15) is 5.10 Å². The molecule has 1 heterocycles. The molecule has 0 radical (unpaired) electrons. The molecule has 0 saturated heterocycles. The van der Waals surface area contributed by atoms with E-state index in [-0.39, 0.29) is 6.10 Å². The fourth-order valence-electron chi connectivity index (χ4n) is 3.91. The van der Waals surface area contributed by atoms with Crippen molar-refractivity contribution in [3.8, 4) is 17.2 Å². The molecule has 1 saturated carbocycles. The summed E-state index contributed by atoms with van der Waals surface area (Å²) in [5, 5.41) is 9.01. The highest BCUT2D eigenvalue weighted by Crippen LogP contribution is 2.39.